The first-order chi connectivity index (χ1) is 8.54. The summed E-state index contributed by atoms with van der Waals surface area (Å²) < 4.78 is 9.61. The molecule has 0 bridgehead atoms. The summed E-state index contributed by atoms with van der Waals surface area (Å²) in [4.78, 5) is 22.4. The molecule has 0 N–H and O–H groups in total. The molecule has 4 nitrogen and oxygen atoms in total. The lowest BCUT2D eigenvalue weighted by Gasteiger charge is -2.06. The molecule has 94 valence electrons. The minimum Gasteiger partial charge on any atom is -0.466 e. The van der Waals surface area contributed by atoms with Gasteiger partial charge in [0.2, 0.25) is 0 Å². The number of methoxy groups -OCH3 is 1. The smallest absolute Gasteiger partial charge is 0.338 e. The molecule has 0 spiro atoms. The monoisotopic (exact) mass is 246 g/mol. The second-order valence-electron chi connectivity index (χ2n) is 3.56. The SMILES string of the molecule is C=C(C)C(=O)Oc1ccccc1C=CC(=O)OC. The van der Waals surface area contributed by atoms with E-state index in [9.17, 15) is 9.59 Å². The van der Waals surface area contributed by atoms with Crippen LogP contribution in [0, 0.1) is 0 Å². The van der Waals surface area contributed by atoms with Crippen molar-refractivity contribution in [2.24, 2.45) is 0 Å². The highest BCUT2D eigenvalue weighted by molar-refractivity contribution is 5.90. The van der Waals surface area contributed by atoms with Crippen LogP contribution >= 0.6 is 0 Å². The zero-order chi connectivity index (χ0) is 13.5. The van der Waals surface area contributed by atoms with Gasteiger partial charge in [0.05, 0.1) is 7.11 Å². The van der Waals surface area contributed by atoms with Crippen molar-refractivity contribution in [3.8, 4) is 5.75 Å². The Morgan fingerprint density at radius 3 is 2.56 bits per heavy atom. The Morgan fingerprint density at radius 2 is 1.94 bits per heavy atom. The van der Waals surface area contributed by atoms with Gasteiger partial charge in [0, 0.05) is 17.2 Å². The largest absolute Gasteiger partial charge is 0.466 e. The fourth-order valence-corrected chi connectivity index (χ4v) is 1.12. The zero-order valence-corrected chi connectivity index (χ0v) is 10.3. The summed E-state index contributed by atoms with van der Waals surface area (Å²) >= 11 is 0. The van der Waals surface area contributed by atoms with Crippen LogP contribution in [0.4, 0.5) is 0 Å². The predicted octanol–water partition coefficient (Wildman–Crippen LogP) is 2.35. The normalized spacial score (nSPS) is 10.1. The minimum atomic E-state index is -0.506. The lowest BCUT2D eigenvalue weighted by molar-refractivity contribution is -0.134. The van der Waals surface area contributed by atoms with Crippen LogP contribution in [0.5, 0.6) is 5.75 Å². The van der Waals surface area contributed by atoms with Crippen LogP contribution < -0.4 is 4.74 Å². The Morgan fingerprint density at radius 1 is 1.28 bits per heavy atom. The summed E-state index contributed by atoms with van der Waals surface area (Å²) in [5, 5.41) is 0. The first-order valence-corrected chi connectivity index (χ1v) is 5.27. The highest BCUT2D eigenvalue weighted by Crippen LogP contribution is 2.20. The van der Waals surface area contributed by atoms with Crippen molar-refractivity contribution < 1.29 is 19.1 Å². The number of para-hydroxylation sites is 1. The van der Waals surface area contributed by atoms with E-state index in [-0.39, 0.29) is 0 Å². The molecule has 0 atom stereocenters. The molecule has 1 aromatic carbocycles. The summed E-state index contributed by atoms with van der Waals surface area (Å²) in [5.74, 6) is -0.615. The molecule has 0 saturated heterocycles. The topological polar surface area (TPSA) is 52.6 Å². The van der Waals surface area contributed by atoms with Gasteiger partial charge in [0.15, 0.2) is 0 Å². The average Bonchev–Trinajstić information content (AvgIpc) is 2.37. The van der Waals surface area contributed by atoms with E-state index in [2.05, 4.69) is 11.3 Å². The van der Waals surface area contributed by atoms with Gasteiger partial charge < -0.3 is 9.47 Å². The van der Waals surface area contributed by atoms with Crippen molar-refractivity contribution in [1.82, 2.24) is 0 Å². The fourth-order valence-electron chi connectivity index (χ4n) is 1.12. The second-order valence-corrected chi connectivity index (χ2v) is 3.56. The lowest BCUT2D eigenvalue weighted by atomic mass is 10.2. The molecule has 0 aromatic heterocycles. The van der Waals surface area contributed by atoms with Crippen LogP contribution in [0.2, 0.25) is 0 Å². The lowest BCUT2D eigenvalue weighted by Crippen LogP contribution is -2.09. The fraction of sp³-hybridized carbons (Fsp3) is 0.143. The Kier molecular flexibility index (Phi) is 4.87. The molecule has 4 heteroatoms. The third kappa shape index (κ3) is 3.90. The van der Waals surface area contributed by atoms with Crippen molar-refractivity contribution in [3.63, 3.8) is 0 Å². The van der Waals surface area contributed by atoms with E-state index in [0.29, 0.717) is 16.9 Å². The number of hydrogen-bond acceptors (Lipinski definition) is 4. The number of benzene rings is 1. The molecule has 18 heavy (non-hydrogen) atoms. The van der Waals surface area contributed by atoms with Gasteiger partial charge in [-0.2, -0.15) is 0 Å². The maximum atomic E-state index is 11.4. The van der Waals surface area contributed by atoms with Gasteiger partial charge in [-0.15, -0.1) is 0 Å². The molecule has 0 aliphatic carbocycles. The second kappa shape index (κ2) is 6.39. The average molecular weight is 246 g/mol. The number of esters is 2. The van der Waals surface area contributed by atoms with E-state index in [1.807, 2.05) is 0 Å². The first-order valence-electron chi connectivity index (χ1n) is 5.27. The Balaban J connectivity index is 2.93. The summed E-state index contributed by atoms with van der Waals surface area (Å²) in [6.07, 6.45) is 2.78. The van der Waals surface area contributed by atoms with Crippen molar-refractivity contribution in [3.05, 3.63) is 48.1 Å². The van der Waals surface area contributed by atoms with Gasteiger partial charge >= 0.3 is 11.9 Å². The highest BCUT2D eigenvalue weighted by Gasteiger charge is 2.08. The Bertz CT molecular complexity index is 500. The van der Waals surface area contributed by atoms with Crippen molar-refractivity contribution in [2.75, 3.05) is 7.11 Å². The number of hydrogen-bond donors (Lipinski definition) is 0. The molecule has 1 rings (SSSR count). The van der Waals surface area contributed by atoms with Crippen molar-refractivity contribution in [1.29, 1.82) is 0 Å². The predicted molar refractivity (Wildman–Crippen MR) is 67.9 cm³/mol. The van der Waals surface area contributed by atoms with E-state index in [4.69, 9.17) is 4.74 Å². The molecule has 0 unspecified atom stereocenters. The molecular formula is C14H14O4. The van der Waals surface area contributed by atoms with E-state index < -0.39 is 11.9 Å². The first kappa shape index (κ1) is 13.7. The van der Waals surface area contributed by atoms with Crippen LogP contribution in [0.15, 0.2) is 42.5 Å². The third-order valence-electron chi connectivity index (χ3n) is 2.07. The van der Waals surface area contributed by atoms with Crippen molar-refractivity contribution in [2.45, 2.75) is 6.92 Å². The zero-order valence-electron chi connectivity index (χ0n) is 10.3. The van der Waals surface area contributed by atoms with Gasteiger partial charge in [-0.05, 0) is 19.1 Å². The Labute approximate surface area is 106 Å². The van der Waals surface area contributed by atoms with E-state index in [1.165, 1.54) is 19.3 Å². The molecule has 0 aliphatic heterocycles. The summed E-state index contributed by atoms with van der Waals surface area (Å²) in [6.45, 7) is 5.07. The molecule has 1 aromatic rings. The van der Waals surface area contributed by atoms with E-state index >= 15 is 0 Å². The van der Waals surface area contributed by atoms with Crippen molar-refractivity contribution >= 4 is 18.0 Å². The van der Waals surface area contributed by atoms with Crippen LogP contribution in [0.1, 0.15) is 12.5 Å². The van der Waals surface area contributed by atoms with Crippen LogP contribution in [-0.4, -0.2) is 19.0 Å². The molecule has 0 radical (unpaired) electrons. The van der Waals surface area contributed by atoms with Gasteiger partial charge in [0.1, 0.15) is 5.75 Å². The molecule has 0 fully saturated rings. The van der Waals surface area contributed by atoms with Crippen LogP contribution in [0.25, 0.3) is 6.08 Å². The van der Waals surface area contributed by atoms with Gasteiger partial charge in [-0.1, -0.05) is 24.8 Å². The molecule has 0 saturated carbocycles. The number of carbonyl (C=O) groups is 2. The van der Waals surface area contributed by atoms with Gasteiger partial charge in [-0.25, -0.2) is 9.59 Å². The minimum absolute atomic E-state index is 0.307. The van der Waals surface area contributed by atoms with Gasteiger partial charge in [0.25, 0.3) is 0 Å². The summed E-state index contributed by atoms with van der Waals surface area (Å²) in [5.41, 5.74) is 0.916. The standard InChI is InChI=1S/C14H14O4/c1-10(2)14(16)18-12-7-5-4-6-11(12)8-9-13(15)17-3/h4-9H,1H2,2-3H3. The number of rotatable bonds is 4. The molecule has 0 amide bonds. The van der Waals surface area contributed by atoms with Gasteiger partial charge in [-0.3, -0.25) is 0 Å². The number of carbonyl (C=O) groups excluding carboxylic acids is 2. The maximum Gasteiger partial charge on any atom is 0.338 e. The van der Waals surface area contributed by atoms with Crippen LogP contribution in [-0.2, 0) is 14.3 Å². The summed E-state index contributed by atoms with van der Waals surface area (Å²) in [7, 11) is 1.29. The number of ether oxygens (including phenoxy) is 2. The van der Waals surface area contributed by atoms with Crippen LogP contribution in [0.3, 0.4) is 0 Å². The molecule has 0 aliphatic rings. The van der Waals surface area contributed by atoms with E-state index in [0.717, 1.165) is 0 Å². The molecule has 0 heterocycles. The highest BCUT2D eigenvalue weighted by atomic mass is 16.5. The Hall–Kier alpha value is -2.36. The summed E-state index contributed by atoms with van der Waals surface area (Å²) in [6, 6.07) is 6.86. The molecular weight excluding hydrogens is 232 g/mol. The third-order valence-corrected chi connectivity index (χ3v) is 2.07. The van der Waals surface area contributed by atoms with E-state index in [1.54, 1.807) is 31.2 Å². The quantitative estimate of drug-likeness (QED) is 0.465. The maximum absolute atomic E-state index is 11.4.